The van der Waals surface area contributed by atoms with E-state index in [-0.39, 0.29) is 25.7 Å². The van der Waals surface area contributed by atoms with E-state index in [1.165, 1.54) is 51.4 Å². The van der Waals surface area contributed by atoms with Gasteiger partial charge in [0.15, 0.2) is 12.2 Å². The molecule has 5 atom stereocenters. The average Bonchev–Trinajstić information content (AvgIpc) is 0.901. The maximum Gasteiger partial charge on any atom is 0.472 e. The molecular formula is C87H146O17P2. The summed E-state index contributed by atoms with van der Waals surface area (Å²) in [6, 6.07) is 0. The number of ether oxygens (including phenoxy) is 4. The Morgan fingerprint density at radius 2 is 0.509 bits per heavy atom. The molecule has 0 aromatic heterocycles. The van der Waals surface area contributed by atoms with E-state index < -0.39 is 97.5 Å². The van der Waals surface area contributed by atoms with Crippen molar-refractivity contribution in [2.24, 2.45) is 0 Å². The van der Waals surface area contributed by atoms with Gasteiger partial charge in [-0.25, -0.2) is 9.13 Å². The van der Waals surface area contributed by atoms with Crippen LogP contribution >= 0.6 is 15.6 Å². The molecule has 5 unspecified atom stereocenters. The lowest BCUT2D eigenvalue weighted by Crippen LogP contribution is -2.30. The molecule has 0 saturated carbocycles. The lowest BCUT2D eigenvalue weighted by Gasteiger charge is -2.21. The topological polar surface area (TPSA) is 237 Å². The van der Waals surface area contributed by atoms with Gasteiger partial charge in [-0.05, 0) is 161 Å². The second-order valence-corrected chi connectivity index (χ2v) is 29.9. The molecule has 106 heavy (non-hydrogen) atoms. The maximum atomic E-state index is 13.1. The molecule has 3 N–H and O–H groups in total. The van der Waals surface area contributed by atoms with Gasteiger partial charge in [0.1, 0.15) is 19.3 Å². The highest BCUT2D eigenvalue weighted by Gasteiger charge is 2.30. The zero-order valence-corrected chi connectivity index (χ0v) is 68.1. The highest BCUT2D eigenvalue weighted by molar-refractivity contribution is 7.47. The van der Waals surface area contributed by atoms with Gasteiger partial charge < -0.3 is 33.8 Å². The van der Waals surface area contributed by atoms with Gasteiger partial charge in [-0.3, -0.25) is 37.3 Å². The Morgan fingerprint density at radius 1 is 0.274 bits per heavy atom. The van der Waals surface area contributed by atoms with Crippen LogP contribution in [0.2, 0.25) is 0 Å². The number of carbonyl (C=O) groups is 4. The Balaban J connectivity index is 5.40. The van der Waals surface area contributed by atoms with Gasteiger partial charge in [-0.2, -0.15) is 0 Å². The third kappa shape index (κ3) is 77.1. The smallest absolute Gasteiger partial charge is 0.462 e. The van der Waals surface area contributed by atoms with Gasteiger partial charge >= 0.3 is 39.5 Å². The van der Waals surface area contributed by atoms with Crippen molar-refractivity contribution in [1.82, 2.24) is 0 Å². The largest absolute Gasteiger partial charge is 0.472 e. The maximum absolute atomic E-state index is 13.1. The number of unbranched alkanes of at least 4 members (excludes halogenated alkanes) is 26. The van der Waals surface area contributed by atoms with Crippen molar-refractivity contribution in [2.45, 2.75) is 341 Å². The Labute approximate surface area is 643 Å². The van der Waals surface area contributed by atoms with Crippen LogP contribution in [0.25, 0.3) is 0 Å². The summed E-state index contributed by atoms with van der Waals surface area (Å²) < 4.78 is 68.6. The molecular weight excluding hydrogens is 1380 g/mol. The van der Waals surface area contributed by atoms with Crippen molar-refractivity contribution in [3.63, 3.8) is 0 Å². The second-order valence-electron chi connectivity index (χ2n) is 27.0. The first-order valence-electron chi connectivity index (χ1n) is 41.1. The minimum atomic E-state index is -5.00. The van der Waals surface area contributed by atoms with Crippen LogP contribution in [0.4, 0.5) is 0 Å². The van der Waals surface area contributed by atoms with Gasteiger partial charge in [0, 0.05) is 25.7 Å². The zero-order valence-electron chi connectivity index (χ0n) is 66.3. The third-order valence-corrected chi connectivity index (χ3v) is 18.7. The molecule has 0 heterocycles. The molecule has 19 heteroatoms. The zero-order chi connectivity index (χ0) is 77.4. The van der Waals surface area contributed by atoms with Gasteiger partial charge in [-0.15, -0.1) is 0 Å². The van der Waals surface area contributed by atoms with Crippen molar-refractivity contribution in [3.8, 4) is 0 Å². The summed E-state index contributed by atoms with van der Waals surface area (Å²) in [5.74, 6) is -2.28. The third-order valence-electron chi connectivity index (χ3n) is 16.8. The number of hydrogen-bond donors (Lipinski definition) is 3. The molecule has 0 aromatic rings. The normalized spacial score (nSPS) is 14.6. The fraction of sp³-hybridized carbons (Fsp3) is 0.678. The molecule has 0 saturated heterocycles. The SMILES string of the molecule is CC/C=C\C/C=C\C/C=C\C/C=C\C/C=C\CCCC(=O)OC(COC(=O)CCCCCCCC/C=C\C/C=C\C/C=C\CCCCC)COP(=O)(O)OCC(O)COP(=O)(O)OCC(COC(=O)CCCCCCCC/C=C\C/C=C\C/C=C\CCCCC)OC(=O)CCCCCCC/C=C\CCCC. The lowest BCUT2D eigenvalue weighted by molar-refractivity contribution is -0.161. The standard InChI is InChI=1S/C87H146O17P2/c1-5-9-13-17-21-25-29-32-35-38-40-43-45-48-52-55-59-63-67-71-84(89)97-77-82(103-86(91)73-69-65-61-57-51-28-24-20-16-12-8-4)79-101-105(93,94)99-75-81(88)76-100-106(95,96)102-80-83(104-87(92)74-70-66-62-58-54-50-47-42-37-34-31-27-23-19-15-11-7-3)78-98-85(90)72-68-64-60-56-53-49-46-44-41-39-36-33-30-26-22-18-14-10-6-2/h11,15,20-27,32-37,40-41,43-44,47,50,58,62,81-83,88H,5-10,12-14,16-19,28-31,38-39,42,45-46,48-49,51-57,59-61,63-80H2,1-4H3,(H,93,94)(H,95,96)/b15-11-,24-20-,25-21-,26-22-,27-23-,35-32-,36-33-,37-34-,43-40-,44-41-,50-47-,62-58-. The summed E-state index contributed by atoms with van der Waals surface area (Å²) in [4.78, 5) is 73.0. The first-order chi connectivity index (χ1) is 51.7. The van der Waals surface area contributed by atoms with E-state index in [0.717, 1.165) is 186 Å². The molecule has 606 valence electrons. The van der Waals surface area contributed by atoms with Gasteiger partial charge in [0.05, 0.1) is 26.4 Å². The molecule has 0 aliphatic heterocycles. The molecule has 0 spiro atoms. The molecule has 0 radical (unpaired) electrons. The van der Waals surface area contributed by atoms with Crippen LogP contribution in [0.3, 0.4) is 0 Å². The fourth-order valence-electron chi connectivity index (χ4n) is 10.5. The Bertz CT molecular complexity index is 2580. The Morgan fingerprint density at radius 3 is 0.830 bits per heavy atom. The molecule has 17 nitrogen and oxygen atoms in total. The van der Waals surface area contributed by atoms with E-state index in [1.807, 2.05) is 12.2 Å². The molecule has 0 fully saturated rings. The summed E-state index contributed by atoms with van der Waals surface area (Å²) in [5.41, 5.74) is 0. The van der Waals surface area contributed by atoms with E-state index in [4.69, 9.17) is 37.0 Å². The number of hydrogen-bond acceptors (Lipinski definition) is 15. The van der Waals surface area contributed by atoms with Gasteiger partial charge in [-0.1, -0.05) is 283 Å². The fourth-order valence-corrected chi connectivity index (χ4v) is 12.1. The molecule has 0 amide bonds. The molecule has 0 aliphatic rings. The van der Waals surface area contributed by atoms with Crippen LogP contribution in [-0.4, -0.2) is 96.7 Å². The minimum Gasteiger partial charge on any atom is -0.462 e. The van der Waals surface area contributed by atoms with Crippen LogP contribution in [-0.2, 0) is 65.4 Å². The number of allylic oxidation sites excluding steroid dienone is 24. The molecule has 0 bridgehead atoms. The summed E-state index contributed by atoms with van der Waals surface area (Å²) >= 11 is 0. The minimum absolute atomic E-state index is 0.00946. The number of phosphoric ester groups is 2. The number of carbonyl (C=O) groups excluding carboxylic acids is 4. The number of phosphoric acid groups is 2. The highest BCUT2D eigenvalue weighted by atomic mass is 31.2. The quantitative estimate of drug-likeness (QED) is 0.0169. The van der Waals surface area contributed by atoms with Crippen LogP contribution < -0.4 is 0 Å². The lowest BCUT2D eigenvalue weighted by atomic mass is 10.1. The van der Waals surface area contributed by atoms with Crippen molar-refractivity contribution in [3.05, 3.63) is 146 Å². The average molecular weight is 1530 g/mol. The summed E-state index contributed by atoms with van der Waals surface area (Å²) in [6.45, 7) is 4.57. The number of esters is 4. The van der Waals surface area contributed by atoms with Crippen molar-refractivity contribution in [1.29, 1.82) is 0 Å². The first kappa shape index (κ1) is 101. The van der Waals surface area contributed by atoms with Crippen molar-refractivity contribution < 1.29 is 80.2 Å². The van der Waals surface area contributed by atoms with Gasteiger partial charge in [0.25, 0.3) is 0 Å². The summed E-state index contributed by atoms with van der Waals surface area (Å²) in [6.07, 6.45) is 89.7. The van der Waals surface area contributed by atoms with E-state index in [1.54, 1.807) is 0 Å². The van der Waals surface area contributed by atoms with E-state index in [9.17, 15) is 43.2 Å². The Hall–Kier alpha value is -5.06. The van der Waals surface area contributed by atoms with Crippen molar-refractivity contribution in [2.75, 3.05) is 39.6 Å². The summed E-state index contributed by atoms with van der Waals surface area (Å²) in [7, 11) is -9.99. The van der Waals surface area contributed by atoms with E-state index in [2.05, 4.69) is 161 Å². The number of rotatable bonds is 76. The van der Waals surface area contributed by atoms with Crippen LogP contribution in [0.5, 0.6) is 0 Å². The van der Waals surface area contributed by atoms with Crippen molar-refractivity contribution >= 4 is 39.5 Å². The molecule has 0 rings (SSSR count). The second kappa shape index (κ2) is 78.1. The van der Waals surface area contributed by atoms with Crippen LogP contribution in [0.15, 0.2) is 146 Å². The Kier molecular flexibility index (Phi) is 74.3. The van der Waals surface area contributed by atoms with Crippen LogP contribution in [0, 0.1) is 0 Å². The highest BCUT2D eigenvalue weighted by Crippen LogP contribution is 2.45. The number of aliphatic hydroxyl groups excluding tert-OH is 1. The van der Waals surface area contributed by atoms with E-state index in [0.29, 0.717) is 32.1 Å². The number of aliphatic hydroxyl groups is 1. The monoisotopic (exact) mass is 1530 g/mol. The molecule has 0 aromatic carbocycles. The predicted molar refractivity (Wildman–Crippen MR) is 436 cm³/mol. The van der Waals surface area contributed by atoms with Crippen LogP contribution in [0.1, 0.15) is 323 Å². The van der Waals surface area contributed by atoms with E-state index >= 15 is 0 Å². The first-order valence-corrected chi connectivity index (χ1v) is 44.1. The predicted octanol–water partition coefficient (Wildman–Crippen LogP) is 24.2. The van der Waals surface area contributed by atoms with Gasteiger partial charge in [0.2, 0.25) is 0 Å². The summed E-state index contributed by atoms with van der Waals surface area (Å²) in [5, 5.41) is 10.6. The molecule has 0 aliphatic carbocycles.